The van der Waals surface area contributed by atoms with Gasteiger partial charge in [0.05, 0.1) is 21.3 Å². The highest BCUT2D eigenvalue weighted by molar-refractivity contribution is 6.43. The van der Waals surface area contributed by atoms with Gasteiger partial charge in [-0.25, -0.2) is 4.79 Å². The van der Waals surface area contributed by atoms with Crippen molar-refractivity contribution < 1.29 is 9.90 Å². The number of nitrogen functional groups attached to an aromatic ring is 1. The summed E-state index contributed by atoms with van der Waals surface area (Å²) in [6.07, 6.45) is 0. The molecule has 0 amide bonds. The number of carboxylic acid groups (broad SMARTS) is 1. The van der Waals surface area contributed by atoms with E-state index in [9.17, 15) is 4.79 Å². The van der Waals surface area contributed by atoms with Gasteiger partial charge in [-0.2, -0.15) is 0 Å². The van der Waals surface area contributed by atoms with E-state index in [4.69, 9.17) is 34.0 Å². The van der Waals surface area contributed by atoms with Gasteiger partial charge < -0.3 is 10.8 Å². The Morgan fingerprint density at radius 3 is 2.42 bits per heavy atom. The molecule has 12 heavy (non-hydrogen) atoms. The highest BCUT2D eigenvalue weighted by Gasteiger charge is 2.09. The summed E-state index contributed by atoms with van der Waals surface area (Å²) in [6, 6.07) is 2.51. The topological polar surface area (TPSA) is 63.3 Å². The number of halogens is 2. The van der Waals surface area contributed by atoms with Gasteiger partial charge in [-0.3, -0.25) is 0 Å². The van der Waals surface area contributed by atoms with E-state index in [1.807, 2.05) is 0 Å². The van der Waals surface area contributed by atoms with Crippen molar-refractivity contribution in [1.82, 2.24) is 0 Å². The summed E-state index contributed by atoms with van der Waals surface area (Å²) >= 11 is 11.2. The lowest BCUT2D eigenvalue weighted by Crippen LogP contribution is -1.98. The Bertz CT molecular complexity index is 315. The Labute approximate surface area is 78.7 Å². The molecule has 0 saturated carbocycles. The molecule has 0 unspecified atom stereocenters. The first-order valence-corrected chi connectivity index (χ1v) is 3.76. The van der Waals surface area contributed by atoms with Crippen LogP contribution in [0.3, 0.4) is 0 Å². The number of hydrogen-bond donors (Lipinski definition) is 2. The summed E-state index contributed by atoms with van der Waals surface area (Å²) in [7, 11) is 0. The fourth-order valence-corrected chi connectivity index (χ4v) is 1.07. The van der Waals surface area contributed by atoms with Crippen molar-refractivity contribution >= 4 is 34.9 Å². The minimum Gasteiger partial charge on any atom is -0.478 e. The number of rotatable bonds is 1. The first-order valence-electron chi connectivity index (χ1n) is 3.00. The predicted octanol–water partition coefficient (Wildman–Crippen LogP) is 2.27. The molecule has 0 saturated heterocycles. The molecule has 1 aromatic rings. The van der Waals surface area contributed by atoms with Crippen molar-refractivity contribution in [2.75, 3.05) is 5.73 Å². The summed E-state index contributed by atoms with van der Waals surface area (Å²) < 4.78 is 0. The van der Waals surface area contributed by atoms with Gasteiger partial charge >= 0.3 is 5.97 Å². The van der Waals surface area contributed by atoms with E-state index in [1.165, 1.54) is 12.1 Å². The third-order valence-corrected chi connectivity index (χ3v) is 2.12. The molecule has 0 aliphatic heterocycles. The lowest BCUT2D eigenvalue weighted by atomic mass is 10.2. The van der Waals surface area contributed by atoms with Crippen LogP contribution >= 0.6 is 23.2 Å². The van der Waals surface area contributed by atoms with Gasteiger partial charge in [0.15, 0.2) is 0 Å². The average Bonchev–Trinajstić information content (AvgIpc) is 1.99. The van der Waals surface area contributed by atoms with Gasteiger partial charge in [0.2, 0.25) is 0 Å². The maximum Gasteiger partial charge on any atom is 0.335 e. The first-order chi connectivity index (χ1) is 5.52. The number of hydrogen-bond acceptors (Lipinski definition) is 2. The van der Waals surface area contributed by atoms with E-state index in [1.54, 1.807) is 0 Å². The Balaban J connectivity index is 3.31. The molecule has 1 rings (SSSR count). The Hall–Kier alpha value is -0.930. The molecule has 0 atom stereocenters. The second kappa shape index (κ2) is 3.21. The number of carbonyl (C=O) groups is 1. The number of aromatic carboxylic acids is 1. The lowest BCUT2D eigenvalue weighted by molar-refractivity contribution is 0.0697. The van der Waals surface area contributed by atoms with Crippen LogP contribution in [-0.4, -0.2) is 11.1 Å². The highest BCUT2D eigenvalue weighted by Crippen LogP contribution is 2.29. The number of benzene rings is 1. The van der Waals surface area contributed by atoms with Gasteiger partial charge in [-0.1, -0.05) is 23.2 Å². The largest absolute Gasteiger partial charge is 0.478 e. The minimum atomic E-state index is -1.08. The number of nitrogens with two attached hydrogens (primary N) is 1. The fraction of sp³-hybridized carbons (Fsp3) is 0. The molecule has 0 aliphatic rings. The van der Waals surface area contributed by atoms with E-state index < -0.39 is 5.97 Å². The zero-order chi connectivity index (χ0) is 9.30. The quantitative estimate of drug-likeness (QED) is 0.692. The molecule has 3 N–H and O–H groups in total. The zero-order valence-electron chi connectivity index (χ0n) is 5.84. The molecule has 64 valence electrons. The van der Waals surface area contributed by atoms with Crippen LogP contribution < -0.4 is 5.73 Å². The van der Waals surface area contributed by atoms with Crippen molar-refractivity contribution in [2.24, 2.45) is 0 Å². The van der Waals surface area contributed by atoms with Crippen LogP contribution in [0.4, 0.5) is 5.69 Å². The van der Waals surface area contributed by atoms with Crippen LogP contribution in [0.2, 0.25) is 10.0 Å². The van der Waals surface area contributed by atoms with Crippen LogP contribution in [0, 0.1) is 0 Å². The molecule has 0 aromatic heterocycles. The molecule has 0 bridgehead atoms. The summed E-state index contributed by atoms with van der Waals surface area (Å²) in [5.74, 6) is -1.08. The second-order valence-electron chi connectivity index (χ2n) is 2.17. The zero-order valence-corrected chi connectivity index (χ0v) is 7.36. The molecule has 0 heterocycles. The third-order valence-electron chi connectivity index (χ3n) is 1.30. The molecule has 0 spiro atoms. The second-order valence-corrected chi connectivity index (χ2v) is 2.95. The maximum atomic E-state index is 10.5. The van der Waals surface area contributed by atoms with Crippen LogP contribution in [0.1, 0.15) is 10.4 Å². The Morgan fingerprint density at radius 2 is 2.00 bits per heavy atom. The number of anilines is 1. The maximum absolute atomic E-state index is 10.5. The van der Waals surface area contributed by atoms with Crippen molar-refractivity contribution in [3.8, 4) is 0 Å². The molecule has 1 aromatic carbocycles. The molecule has 0 fully saturated rings. The van der Waals surface area contributed by atoms with E-state index in [0.717, 1.165) is 0 Å². The van der Waals surface area contributed by atoms with Gasteiger partial charge in [-0.15, -0.1) is 0 Å². The standard InChI is InChI=1S/C7H5Cl2NO2/c8-4-1-3(7(11)12)2-5(10)6(4)9/h1-2H,10H2,(H,11,12). The monoisotopic (exact) mass is 205 g/mol. The van der Waals surface area contributed by atoms with Gasteiger partial charge in [0, 0.05) is 0 Å². The molecule has 5 heteroatoms. The lowest BCUT2D eigenvalue weighted by Gasteiger charge is -2.01. The SMILES string of the molecule is Nc1cc(C(=O)O)cc(Cl)c1Cl. The van der Waals surface area contributed by atoms with Gasteiger partial charge in [0.25, 0.3) is 0 Å². The summed E-state index contributed by atoms with van der Waals surface area (Å²) in [6.45, 7) is 0. The van der Waals surface area contributed by atoms with Crippen LogP contribution in [0.15, 0.2) is 12.1 Å². The Kier molecular flexibility index (Phi) is 2.45. The molecule has 0 radical (unpaired) electrons. The van der Waals surface area contributed by atoms with Gasteiger partial charge in [-0.05, 0) is 12.1 Å². The van der Waals surface area contributed by atoms with Crippen molar-refractivity contribution in [2.45, 2.75) is 0 Å². The average molecular weight is 206 g/mol. The van der Waals surface area contributed by atoms with E-state index in [-0.39, 0.29) is 21.3 Å². The van der Waals surface area contributed by atoms with Crippen LogP contribution in [-0.2, 0) is 0 Å². The summed E-state index contributed by atoms with van der Waals surface area (Å²) in [5.41, 5.74) is 5.58. The van der Waals surface area contributed by atoms with Crippen molar-refractivity contribution in [3.63, 3.8) is 0 Å². The number of carboxylic acids is 1. The first kappa shape index (κ1) is 9.16. The Morgan fingerprint density at radius 1 is 1.42 bits per heavy atom. The minimum absolute atomic E-state index is 0.0295. The van der Waals surface area contributed by atoms with Gasteiger partial charge in [0.1, 0.15) is 0 Å². The van der Waals surface area contributed by atoms with Crippen molar-refractivity contribution in [3.05, 3.63) is 27.7 Å². The molecular formula is C7H5Cl2NO2. The van der Waals surface area contributed by atoms with Crippen LogP contribution in [0.25, 0.3) is 0 Å². The van der Waals surface area contributed by atoms with E-state index in [0.29, 0.717) is 0 Å². The molecule has 0 aliphatic carbocycles. The third kappa shape index (κ3) is 1.62. The normalized spacial score (nSPS) is 9.83. The van der Waals surface area contributed by atoms with E-state index in [2.05, 4.69) is 0 Å². The fourth-order valence-electron chi connectivity index (χ4n) is 0.734. The van der Waals surface area contributed by atoms with E-state index >= 15 is 0 Å². The summed E-state index contributed by atoms with van der Waals surface area (Å²) in [5, 5.41) is 8.90. The van der Waals surface area contributed by atoms with Crippen LogP contribution in [0.5, 0.6) is 0 Å². The van der Waals surface area contributed by atoms with Crippen molar-refractivity contribution in [1.29, 1.82) is 0 Å². The summed E-state index contributed by atoms with van der Waals surface area (Å²) in [4.78, 5) is 10.5. The molecule has 3 nitrogen and oxygen atoms in total. The smallest absolute Gasteiger partial charge is 0.335 e. The molecular weight excluding hydrogens is 201 g/mol. The predicted molar refractivity (Wildman–Crippen MR) is 47.8 cm³/mol. The highest BCUT2D eigenvalue weighted by atomic mass is 35.5.